The Hall–Kier alpha value is -0.420. The van der Waals surface area contributed by atoms with E-state index in [0.717, 1.165) is 9.09 Å². The van der Waals surface area contributed by atoms with Crippen LogP contribution in [0.5, 0.6) is 0 Å². The first-order valence-electron chi connectivity index (χ1n) is 4.52. The van der Waals surface area contributed by atoms with Crippen molar-refractivity contribution < 1.29 is 0 Å². The molecule has 1 heterocycles. The van der Waals surface area contributed by atoms with E-state index in [4.69, 9.17) is 12.2 Å². The van der Waals surface area contributed by atoms with Crippen molar-refractivity contribution in [2.45, 2.75) is 38.1 Å². The first-order chi connectivity index (χ1) is 6.18. The molecule has 1 aromatic rings. The molecular formula is C8H13N3S2. The molecule has 72 valence electrons. The Bertz CT molecular complexity index is 335. The molecule has 0 aromatic carbocycles. The van der Waals surface area contributed by atoms with Crippen LogP contribution in [0.2, 0.25) is 0 Å². The lowest BCUT2D eigenvalue weighted by Crippen LogP contribution is -2.30. The second-order valence-electron chi connectivity index (χ2n) is 3.81. The van der Waals surface area contributed by atoms with Gasteiger partial charge in [0.2, 0.25) is 5.13 Å². The van der Waals surface area contributed by atoms with Gasteiger partial charge in [0.1, 0.15) is 0 Å². The lowest BCUT2D eigenvalue weighted by molar-refractivity contribution is 0.532. The maximum Gasteiger partial charge on any atom is 0.204 e. The molecule has 0 aliphatic heterocycles. The highest BCUT2D eigenvalue weighted by molar-refractivity contribution is 7.73. The third-order valence-corrected chi connectivity index (χ3v) is 3.56. The molecule has 3 nitrogen and oxygen atoms in total. The van der Waals surface area contributed by atoms with Gasteiger partial charge in [-0.2, -0.15) is 0 Å². The van der Waals surface area contributed by atoms with Crippen LogP contribution in [-0.4, -0.2) is 15.7 Å². The van der Waals surface area contributed by atoms with Gasteiger partial charge in [-0.05, 0) is 32.0 Å². The standard InChI is InChI=1S/C8H13N3S2/c1-8(4-2-3-5-8)9-6-10-11-7(12)13-6/h2-5H2,1H3,(H,9,10)(H,11,12). The number of aromatic amines is 1. The first kappa shape index (κ1) is 9.15. The van der Waals surface area contributed by atoms with E-state index in [1.165, 1.54) is 37.0 Å². The van der Waals surface area contributed by atoms with Gasteiger partial charge in [0.15, 0.2) is 3.95 Å². The van der Waals surface area contributed by atoms with E-state index >= 15 is 0 Å². The van der Waals surface area contributed by atoms with Crippen molar-refractivity contribution in [1.29, 1.82) is 0 Å². The lowest BCUT2D eigenvalue weighted by Gasteiger charge is -2.24. The van der Waals surface area contributed by atoms with Crippen LogP contribution in [0.25, 0.3) is 0 Å². The van der Waals surface area contributed by atoms with E-state index in [0.29, 0.717) is 0 Å². The summed E-state index contributed by atoms with van der Waals surface area (Å²) in [7, 11) is 0. The van der Waals surface area contributed by atoms with Gasteiger partial charge in [0.25, 0.3) is 0 Å². The van der Waals surface area contributed by atoms with Crippen molar-refractivity contribution in [3.63, 3.8) is 0 Å². The molecule has 1 aromatic heterocycles. The van der Waals surface area contributed by atoms with Crippen molar-refractivity contribution in [3.05, 3.63) is 3.95 Å². The van der Waals surface area contributed by atoms with E-state index in [-0.39, 0.29) is 5.54 Å². The van der Waals surface area contributed by atoms with E-state index in [1.54, 1.807) is 0 Å². The van der Waals surface area contributed by atoms with Gasteiger partial charge in [-0.1, -0.05) is 24.2 Å². The first-order valence-corrected chi connectivity index (χ1v) is 5.74. The largest absolute Gasteiger partial charge is 0.355 e. The Kier molecular flexibility index (Phi) is 2.38. The van der Waals surface area contributed by atoms with Gasteiger partial charge in [0, 0.05) is 5.54 Å². The Morgan fingerprint density at radius 3 is 2.77 bits per heavy atom. The summed E-state index contributed by atoms with van der Waals surface area (Å²) in [4.78, 5) is 0. The van der Waals surface area contributed by atoms with Crippen molar-refractivity contribution >= 4 is 28.7 Å². The molecule has 0 bridgehead atoms. The molecular weight excluding hydrogens is 202 g/mol. The van der Waals surface area contributed by atoms with Crippen LogP contribution in [0.3, 0.4) is 0 Å². The second-order valence-corrected chi connectivity index (χ2v) is 5.48. The highest BCUT2D eigenvalue weighted by Crippen LogP contribution is 2.32. The summed E-state index contributed by atoms with van der Waals surface area (Å²) in [6.45, 7) is 2.25. The molecule has 13 heavy (non-hydrogen) atoms. The van der Waals surface area contributed by atoms with E-state index in [2.05, 4.69) is 22.4 Å². The summed E-state index contributed by atoms with van der Waals surface area (Å²) in [5.74, 6) is 0. The number of hydrogen-bond acceptors (Lipinski definition) is 4. The summed E-state index contributed by atoms with van der Waals surface area (Å²) in [6.07, 6.45) is 5.11. The molecule has 2 rings (SSSR count). The van der Waals surface area contributed by atoms with Gasteiger partial charge < -0.3 is 5.32 Å². The highest BCUT2D eigenvalue weighted by atomic mass is 32.1. The molecule has 1 saturated carbocycles. The fourth-order valence-corrected chi connectivity index (χ4v) is 2.76. The minimum Gasteiger partial charge on any atom is -0.355 e. The number of nitrogens with zero attached hydrogens (tertiary/aromatic N) is 1. The molecule has 0 amide bonds. The molecule has 0 unspecified atom stereocenters. The Labute approximate surface area is 86.6 Å². The summed E-state index contributed by atoms with van der Waals surface area (Å²) < 4.78 is 0.740. The molecule has 1 fully saturated rings. The number of rotatable bonds is 2. The third-order valence-electron chi connectivity index (χ3n) is 2.55. The van der Waals surface area contributed by atoms with E-state index in [9.17, 15) is 0 Å². The van der Waals surface area contributed by atoms with E-state index < -0.39 is 0 Å². The number of anilines is 1. The fourth-order valence-electron chi connectivity index (χ4n) is 1.82. The maximum absolute atomic E-state index is 4.97. The highest BCUT2D eigenvalue weighted by Gasteiger charge is 2.28. The van der Waals surface area contributed by atoms with Crippen LogP contribution in [0, 0.1) is 3.95 Å². The monoisotopic (exact) mass is 215 g/mol. The predicted octanol–water partition coefficient (Wildman–Crippen LogP) is 2.95. The summed E-state index contributed by atoms with van der Waals surface area (Å²) in [5, 5.41) is 11.3. The van der Waals surface area contributed by atoms with Crippen LogP contribution in [0.4, 0.5) is 5.13 Å². The van der Waals surface area contributed by atoms with Gasteiger partial charge in [-0.25, -0.2) is 0 Å². The second kappa shape index (κ2) is 3.38. The maximum atomic E-state index is 4.97. The molecule has 0 radical (unpaired) electrons. The minimum absolute atomic E-state index is 0.244. The molecule has 0 saturated heterocycles. The number of H-pyrrole nitrogens is 1. The van der Waals surface area contributed by atoms with Crippen molar-refractivity contribution in [1.82, 2.24) is 10.2 Å². The molecule has 0 atom stereocenters. The zero-order chi connectivity index (χ0) is 9.31. The van der Waals surface area contributed by atoms with Crippen LogP contribution in [0.15, 0.2) is 0 Å². The number of hydrogen-bond donors (Lipinski definition) is 2. The molecule has 1 aliphatic carbocycles. The third kappa shape index (κ3) is 2.08. The fraction of sp³-hybridized carbons (Fsp3) is 0.750. The normalized spacial score (nSPS) is 20.4. The average Bonchev–Trinajstić information content (AvgIpc) is 2.62. The Morgan fingerprint density at radius 1 is 1.54 bits per heavy atom. The molecule has 5 heteroatoms. The SMILES string of the molecule is CC1(Nc2n[nH]c(=S)s2)CCCC1. The predicted molar refractivity (Wildman–Crippen MR) is 57.8 cm³/mol. The Balaban J connectivity index is 2.08. The zero-order valence-corrected chi connectivity index (χ0v) is 9.23. The Morgan fingerprint density at radius 2 is 2.23 bits per heavy atom. The van der Waals surface area contributed by atoms with Crippen LogP contribution >= 0.6 is 23.6 Å². The van der Waals surface area contributed by atoms with Gasteiger partial charge in [-0.15, -0.1) is 5.10 Å². The van der Waals surface area contributed by atoms with Crippen molar-refractivity contribution in [2.24, 2.45) is 0 Å². The molecule has 2 N–H and O–H groups in total. The summed E-state index contributed by atoms with van der Waals surface area (Å²) in [5.41, 5.74) is 0.244. The number of nitrogens with one attached hydrogen (secondary N) is 2. The van der Waals surface area contributed by atoms with Crippen LogP contribution in [0.1, 0.15) is 32.6 Å². The lowest BCUT2D eigenvalue weighted by atomic mass is 10.0. The van der Waals surface area contributed by atoms with Gasteiger partial charge in [0.05, 0.1) is 0 Å². The summed E-state index contributed by atoms with van der Waals surface area (Å²) in [6, 6.07) is 0. The number of aromatic nitrogens is 2. The van der Waals surface area contributed by atoms with E-state index in [1.807, 2.05) is 0 Å². The van der Waals surface area contributed by atoms with Crippen LogP contribution in [-0.2, 0) is 0 Å². The smallest absolute Gasteiger partial charge is 0.204 e. The minimum atomic E-state index is 0.244. The summed E-state index contributed by atoms with van der Waals surface area (Å²) >= 11 is 6.48. The van der Waals surface area contributed by atoms with Crippen molar-refractivity contribution in [2.75, 3.05) is 5.32 Å². The van der Waals surface area contributed by atoms with Gasteiger partial charge >= 0.3 is 0 Å². The zero-order valence-electron chi connectivity index (χ0n) is 7.59. The van der Waals surface area contributed by atoms with Crippen molar-refractivity contribution in [3.8, 4) is 0 Å². The quantitative estimate of drug-likeness (QED) is 0.745. The molecule has 1 aliphatic rings. The topological polar surface area (TPSA) is 40.7 Å². The van der Waals surface area contributed by atoms with Crippen LogP contribution < -0.4 is 5.32 Å². The van der Waals surface area contributed by atoms with Gasteiger partial charge in [-0.3, -0.25) is 5.10 Å². The molecule has 0 spiro atoms. The average molecular weight is 215 g/mol.